The summed E-state index contributed by atoms with van der Waals surface area (Å²) >= 11 is 0. The van der Waals surface area contributed by atoms with Gasteiger partial charge in [0.2, 0.25) is 5.95 Å². The minimum atomic E-state index is 0.0585. The number of anilines is 1. The van der Waals surface area contributed by atoms with Crippen LogP contribution in [0.25, 0.3) is 11.0 Å². The van der Waals surface area contributed by atoms with E-state index in [2.05, 4.69) is 31.8 Å². The van der Waals surface area contributed by atoms with Gasteiger partial charge in [-0.3, -0.25) is 4.79 Å². The zero-order valence-electron chi connectivity index (χ0n) is 14.1. The van der Waals surface area contributed by atoms with Crippen LogP contribution >= 0.6 is 0 Å². The van der Waals surface area contributed by atoms with E-state index in [1.54, 1.807) is 18.5 Å². The predicted molar refractivity (Wildman–Crippen MR) is 95.6 cm³/mol. The van der Waals surface area contributed by atoms with Crippen molar-refractivity contribution in [3.63, 3.8) is 0 Å². The number of imidazole rings is 1. The fraction of sp³-hybridized carbons (Fsp3) is 0.333. The van der Waals surface area contributed by atoms with Crippen molar-refractivity contribution in [1.29, 1.82) is 0 Å². The Labute approximate surface area is 145 Å². The first-order chi connectivity index (χ1) is 12.2. The average Bonchev–Trinajstić information content (AvgIpc) is 3.10. The molecule has 0 saturated carbocycles. The van der Waals surface area contributed by atoms with Crippen LogP contribution in [-0.4, -0.2) is 56.9 Å². The minimum absolute atomic E-state index is 0.0585. The van der Waals surface area contributed by atoms with E-state index in [0.717, 1.165) is 42.3 Å². The Kier molecular flexibility index (Phi) is 4.05. The summed E-state index contributed by atoms with van der Waals surface area (Å²) in [5.74, 6) is 1.72. The zero-order valence-corrected chi connectivity index (χ0v) is 14.1. The van der Waals surface area contributed by atoms with Crippen molar-refractivity contribution in [3.8, 4) is 0 Å². The van der Waals surface area contributed by atoms with Gasteiger partial charge in [0, 0.05) is 50.6 Å². The molecule has 0 bridgehead atoms. The van der Waals surface area contributed by atoms with E-state index >= 15 is 0 Å². The van der Waals surface area contributed by atoms with Crippen molar-refractivity contribution in [2.45, 2.75) is 13.3 Å². The molecule has 25 heavy (non-hydrogen) atoms. The Bertz CT molecular complexity index is 883. The fourth-order valence-electron chi connectivity index (χ4n) is 3.11. The van der Waals surface area contributed by atoms with E-state index in [1.807, 2.05) is 23.1 Å². The number of carbonyl (C=O) groups is 1. The number of rotatable bonds is 3. The molecule has 0 spiro atoms. The van der Waals surface area contributed by atoms with Gasteiger partial charge in [-0.05, 0) is 24.3 Å². The maximum absolute atomic E-state index is 12.8. The van der Waals surface area contributed by atoms with E-state index in [4.69, 9.17) is 0 Å². The lowest BCUT2D eigenvalue weighted by atomic mass is 10.1. The number of aromatic nitrogens is 4. The first kappa shape index (κ1) is 15.6. The molecule has 1 saturated heterocycles. The Morgan fingerprint density at radius 1 is 1.16 bits per heavy atom. The standard InChI is InChI=1S/C18H20N6O/c1-2-16-21-14-5-4-13(12-15(14)22-16)17(25)23-8-10-24(11-9-23)18-19-6-3-7-20-18/h3-7,12H,2,8-11H2,1H3,(H,21,22). The van der Waals surface area contributed by atoms with Gasteiger partial charge in [0.25, 0.3) is 5.91 Å². The number of aryl methyl sites for hydroxylation is 1. The summed E-state index contributed by atoms with van der Waals surface area (Å²) in [7, 11) is 0. The molecule has 1 fully saturated rings. The van der Waals surface area contributed by atoms with Gasteiger partial charge in [0.15, 0.2) is 0 Å². The second-order valence-corrected chi connectivity index (χ2v) is 6.10. The van der Waals surface area contributed by atoms with Gasteiger partial charge < -0.3 is 14.8 Å². The molecular weight excluding hydrogens is 316 g/mol. The molecule has 1 N–H and O–H groups in total. The molecular formula is C18H20N6O. The lowest BCUT2D eigenvalue weighted by Gasteiger charge is -2.34. The van der Waals surface area contributed by atoms with Crippen molar-refractivity contribution in [2.24, 2.45) is 0 Å². The molecule has 2 aromatic heterocycles. The number of amides is 1. The number of benzene rings is 1. The summed E-state index contributed by atoms with van der Waals surface area (Å²) in [5, 5.41) is 0. The maximum Gasteiger partial charge on any atom is 0.254 e. The third-order valence-corrected chi connectivity index (χ3v) is 4.51. The van der Waals surface area contributed by atoms with Crippen molar-refractivity contribution in [3.05, 3.63) is 48.0 Å². The van der Waals surface area contributed by atoms with Crippen LogP contribution in [0.2, 0.25) is 0 Å². The average molecular weight is 336 g/mol. The second-order valence-electron chi connectivity index (χ2n) is 6.10. The second kappa shape index (κ2) is 6.51. The summed E-state index contributed by atoms with van der Waals surface area (Å²) in [6, 6.07) is 7.47. The van der Waals surface area contributed by atoms with E-state index in [0.29, 0.717) is 18.7 Å². The number of nitrogens with zero attached hydrogens (tertiary/aromatic N) is 5. The Morgan fingerprint density at radius 3 is 2.64 bits per heavy atom. The highest BCUT2D eigenvalue weighted by atomic mass is 16.2. The fourth-order valence-corrected chi connectivity index (χ4v) is 3.11. The third kappa shape index (κ3) is 3.05. The van der Waals surface area contributed by atoms with Crippen molar-refractivity contribution in [1.82, 2.24) is 24.8 Å². The summed E-state index contributed by atoms with van der Waals surface area (Å²) in [5.41, 5.74) is 2.52. The van der Waals surface area contributed by atoms with Gasteiger partial charge in [-0.25, -0.2) is 15.0 Å². The van der Waals surface area contributed by atoms with Gasteiger partial charge in [-0.2, -0.15) is 0 Å². The maximum atomic E-state index is 12.8. The number of aromatic amines is 1. The van der Waals surface area contributed by atoms with Gasteiger partial charge in [0.1, 0.15) is 5.82 Å². The zero-order chi connectivity index (χ0) is 17.2. The highest BCUT2D eigenvalue weighted by Gasteiger charge is 2.23. The molecule has 4 rings (SSSR count). The van der Waals surface area contributed by atoms with Crippen molar-refractivity contribution < 1.29 is 4.79 Å². The predicted octanol–water partition coefficient (Wildman–Crippen LogP) is 1.88. The van der Waals surface area contributed by atoms with E-state index < -0.39 is 0 Å². The number of piperazine rings is 1. The van der Waals surface area contributed by atoms with E-state index in [-0.39, 0.29) is 5.91 Å². The molecule has 3 heterocycles. The van der Waals surface area contributed by atoms with Gasteiger partial charge >= 0.3 is 0 Å². The molecule has 0 radical (unpaired) electrons. The molecule has 1 aliphatic heterocycles. The molecule has 1 aliphatic rings. The van der Waals surface area contributed by atoms with Crippen LogP contribution in [0.1, 0.15) is 23.1 Å². The van der Waals surface area contributed by atoms with Crippen LogP contribution in [-0.2, 0) is 6.42 Å². The third-order valence-electron chi connectivity index (χ3n) is 4.51. The summed E-state index contributed by atoms with van der Waals surface area (Å²) in [6.07, 6.45) is 4.33. The van der Waals surface area contributed by atoms with Crippen LogP contribution in [0.15, 0.2) is 36.7 Å². The number of carbonyl (C=O) groups excluding carboxylic acids is 1. The van der Waals surface area contributed by atoms with Crippen LogP contribution in [0.5, 0.6) is 0 Å². The largest absolute Gasteiger partial charge is 0.342 e. The molecule has 7 heteroatoms. The Hall–Kier alpha value is -2.96. The molecule has 0 aliphatic carbocycles. The SMILES string of the molecule is CCc1nc2ccc(C(=O)N3CCN(c4ncccn4)CC3)cc2[nH]1. The van der Waals surface area contributed by atoms with Gasteiger partial charge in [0.05, 0.1) is 11.0 Å². The highest BCUT2D eigenvalue weighted by molar-refractivity contribution is 5.97. The lowest BCUT2D eigenvalue weighted by molar-refractivity contribution is 0.0746. The number of H-pyrrole nitrogens is 1. The first-order valence-corrected chi connectivity index (χ1v) is 8.54. The number of fused-ring (bicyclic) bond motifs is 1. The smallest absolute Gasteiger partial charge is 0.254 e. The van der Waals surface area contributed by atoms with E-state index in [1.165, 1.54) is 0 Å². The van der Waals surface area contributed by atoms with Crippen LogP contribution in [0.3, 0.4) is 0 Å². The quantitative estimate of drug-likeness (QED) is 0.790. The summed E-state index contributed by atoms with van der Waals surface area (Å²) in [6.45, 7) is 4.86. The van der Waals surface area contributed by atoms with Crippen molar-refractivity contribution >= 4 is 22.9 Å². The molecule has 0 unspecified atom stereocenters. The normalized spacial score (nSPS) is 14.9. The molecule has 1 aromatic carbocycles. The van der Waals surface area contributed by atoms with Gasteiger partial charge in [-0.1, -0.05) is 6.92 Å². The topological polar surface area (TPSA) is 78.0 Å². The molecule has 1 amide bonds. The van der Waals surface area contributed by atoms with Crippen LogP contribution in [0.4, 0.5) is 5.95 Å². The Balaban J connectivity index is 1.47. The van der Waals surface area contributed by atoms with E-state index in [9.17, 15) is 4.79 Å². The molecule has 0 atom stereocenters. The molecule has 128 valence electrons. The molecule has 3 aromatic rings. The van der Waals surface area contributed by atoms with Gasteiger partial charge in [-0.15, -0.1) is 0 Å². The summed E-state index contributed by atoms with van der Waals surface area (Å²) in [4.78, 5) is 33.1. The van der Waals surface area contributed by atoms with Crippen molar-refractivity contribution in [2.75, 3.05) is 31.1 Å². The van der Waals surface area contributed by atoms with Crippen LogP contribution in [0, 0.1) is 0 Å². The highest BCUT2D eigenvalue weighted by Crippen LogP contribution is 2.17. The number of hydrogen-bond acceptors (Lipinski definition) is 5. The Morgan fingerprint density at radius 2 is 1.92 bits per heavy atom. The first-order valence-electron chi connectivity index (χ1n) is 8.54. The number of hydrogen-bond donors (Lipinski definition) is 1. The summed E-state index contributed by atoms with van der Waals surface area (Å²) < 4.78 is 0. The lowest BCUT2D eigenvalue weighted by Crippen LogP contribution is -2.49. The van der Waals surface area contributed by atoms with Crippen LogP contribution < -0.4 is 4.90 Å². The number of nitrogens with one attached hydrogen (secondary N) is 1. The minimum Gasteiger partial charge on any atom is -0.342 e. The molecule has 7 nitrogen and oxygen atoms in total. The monoisotopic (exact) mass is 336 g/mol.